The quantitative estimate of drug-likeness (QED) is 0.242. The first-order valence-corrected chi connectivity index (χ1v) is 16.2. The zero-order valence-electron chi connectivity index (χ0n) is 25.0. The van der Waals surface area contributed by atoms with Gasteiger partial charge in [0.2, 0.25) is 11.8 Å². The Kier molecular flexibility index (Phi) is 12.7. The number of imide groups is 1. The summed E-state index contributed by atoms with van der Waals surface area (Å²) >= 11 is 7.10. The predicted molar refractivity (Wildman–Crippen MR) is 170 cm³/mol. The molecule has 13 nitrogen and oxygen atoms in total. The molecule has 0 aliphatic carbocycles. The molecule has 0 spiro atoms. The number of anilines is 2. The average Bonchev–Trinajstić information content (AvgIpc) is 3.64. The Hall–Kier alpha value is -3.56. The van der Waals surface area contributed by atoms with Gasteiger partial charge in [-0.25, -0.2) is 4.79 Å². The van der Waals surface area contributed by atoms with Crippen LogP contribution in [0, 0.1) is 0 Å². The fourth-order valence-electron chi connectivity index (χ4n) is 5.01. The Balaban J connectivity index is 1.33. The third-order valence-electron chi connectivity index (χ3n) is 7.47. The van der Waals surface area contributed by atoms with Crippen molar-refractivity contribution in [2.75, 3.05) is 55.7 Å². The highest BCUT2D eigenvalue weighted by Crippen LogP contribution is 2.27. The van der Waals surface area contributed by atoms with Crippen molar-refractivity contribution in [3.63, 3.8) is 0 Å². The molecule has 1 aromatic carbocycles. The van der Waals surface area contributed by atoms with Crippen molar-refractivity contribution in [3.8, 4) is 0 Å². The monoisotopic (exact) mass is 662 g/mol. The summed E-state index contributed by atoms with van der Waals surface area (Å²) in [4.78, 5) is 68.3. The summed E-state index contributed by atoms with van der Waals surface area (Å²) in [5.74, 6) is -1.34. The molecule has 2 fully saturated rings. The van der Waals surface area contributed by atoms with Crippen LogP contribution in [-0.4, -0.2) is 92.7 Å². The molecule has 5 amide bonds. The maximum atomic E-state index is 13.4. The van der Waals surface area contributed by atoms with Gasteiger partial charge in [-0.05, 0) is 68.6 Å². The number of hydrogen-bond acceptors (Lipinski definition) is 10. The molecule has 0 bridgehead atoms. The van der Waals surface area contributed by atoms with Gasteiger partial charge in [0.1, 0.15) is 12.7 Å². The van der Waals surface area contributed by atoms with Crippen LogP contribution in [0.15, 0.2) is 36.4 Å². The Labute approximate surface area is 270 Å². The third kappa shape index (κ3) is 9.47. The zero-order chi connectivity index (χ0) is 32.3. The van der Waals surface area contributed by atoms with Crippen LogP contribution in [0.25, 0.3) is 0 Å². The Morgan fingerprint density at radius 3 is 2.44 bits per heavy atom. The van der Waals surface area contributed by atoms with E-state index in [9.17, 15) is 24.0 Å². The molecule has 45 heavy (non-hydrogen) atoms. The molecule has 0 radical (unpaired) electrons. The molecular weight excluding hydrogens is 624 g/mol. The number of halogens is 1. The molecule has 1 unspecified atom stereocenters. The molecule has 3 heterocycles. The summed E-state index contributed by atoms with van der Waals surface area (Å²) in [6.07, 6.45) is 1.75. The molecule has 2 aliphatic rings. The topological polar surface area (TPSA) is 178 Å². The van der Waals surface area contributed by atoms with E-state index >= 15 is 0 Å². The zero-order valence-corrected chi connectivity index (χ0v) is 26.5. The highest BCUT2D eigenvalue weighted by Gasteiger charge is 2.36. The summed E-state index contributed by atoms with van der Waals surface area (Å²) in [7, 11) is 0. The molecule has 244 valence electrons. The lowest BCUT2D eigenvalue weighted by atomic mass is 10.1. The lowest BCUT2D eigenvalue weighted by Gasteiger charge is -2.27. The van der Waals surface area contributed by atoms with E-state index < -0.39 is 30.1 Å². The van der Waals surface area contributed by atoms with Crippen molar-refractivity contribution in [3.05, 3.63) is 45.6 Å². The minimum atomic E-state index is -0.763. The van der Waals surface area contributed by atoms with E-state index in [0.29, 0.717) is 66.1 Å². The van der Waals surface area contributed by atoms with Crippen LogP contribution in [0.2, 0.25) is 4.34 Å². The van der Waals surface area contributed by atoms with Gasteiger partial charge in [-0.3, -0.25) is 29.0 Å². The van der Waals surface area contributed by atoms with Gasteiger partial charge in [0, 0.05) is 30.9 Å². The Morgan fingerprint density at radius 2 is 1.78 bits per heavy atom. The summed E-state index contributed by atoms with van der Waals surface area (Å²) in [6.45, 7) is 1.79. The van der Waals surface area contributed by atoms with E-state index in [2.05, 4.69) is 5.32 Å². The van der Waals surface area contributed by atoms with Crippen molar-refractivity contribution in [1.29, 1.82) is 0 Å². The van der Waals surface area contributed by atoms with E-state index in [4.69, 9.17) is 32.5 Å². The van der Waals surface area contributed by atoms with Gasteiger partial charge in [-0.2, -0.15) is 0 Å². The number of nitrogens with two attached hydrogens (primary N) is 2. The number of amides is 5. The van der Waals surface area contributed by atoms with Gasteiger partial charge in [-0.15, -0.1) is 11.3 Å². The highest BCUT2D eigenvalue weighted by atomic mass is 35.5. The van der Waals surface area contributed by atoms with Crippen LogP contribution in [0.1, 0.15) is 48.2 Å². The standard InChI is InChI=1S/C30H39ClN6O7S/c31-25-12-11-24(45-25)29(41)37(26(38)6-2-4-14-34-28(40)23(33)5-1-3-13-32)18-22-17-36(30(42)44-22)21-9-7-20(8-10-21)35-15-16-43-19-27(35)39/h7-12,22-23H,1-6,13-19,32-33H2,(H,34,40)/t22?,23-/m0/s1. The molecule has 0 saturated carbocycles. The minimum Gasteiger partial charge on any atom is -0.442 e. The second kappa shape index (κ2) is 16.7. The van der Waals surface area contributed by atoms with Crippen LogP contribution in [0.3, 0.4) is 0 Å². The normalized spacial score (nSPS) is 17.3. The van der Waals surface area contributed by atoms with Gasteiger partial charge in [-0.1, -0.05) is 18.0 Å². The molecule has 2 saturated heterocycles. The summed E-state index contributed by atoms with van der Waals surface area (Å²) in [5, 5.41) is 2.78. The Morgan fingerprint density at radius 1 is 1.04 bits per heavy atom. The van der Waals surface area contributed by atoms with Gasteiger partial charge < -0.3 is 31.2 Å². The second-order valence-electron chi connectivity index (χ2n) is 10.8. The number of carbonyl (C=O) groups is 5. The van der Waals surface area contributed by atoms with Crippen LogP contribution in [0.4, 0.5) is 16.2 Å². The smallest absolute Gasteiger partial charge is 0.414 e. The molecule has 2 aromatic rings. The van der Waals surface area contributed by atoms with Gasteiger partial charge in [0.15, 0.2) is 0 Å². The first-order chi connectivity index (χ1) is 21.7. The first kappa shape index (κ1) is 34.3. The van der Waals surface area contributed by atoms with Crippen molar-refractivity contribution >= 4 is 64.0 Å². The number of ether oxygens (including phenoxy) is 2. The number of nitrogens with one attached hydrogen (secondary N) is 1. The summed E-state index contributed by atoms with van der Waals surface area (Å²) in [6, 6.07) is 9.45. The van der Waals surface area contributed by atoms with Crippen LogP contribution < -0.4 is 26.6 Å². The van der Waals surface area contributed by atoms with E-state index in [1.54, 1.807) is 41.3 Å². The number of carbonyl (C=O) groups excluding carboxylic acids is 5. The number of morpholine rings is 1. The molecule has 4 rings (SSSR count). The number of unbranched alkanes of at least 4 members (excludes halogenated alkanes) is 2. The van der Waals surface area contributed by atoms with E-state index in [-0.39, 0.29) is 37.9 Å². The summed E-state index contributed by atoms with van der Waals surface area (Å²) < 4.78 is 11.1. The molecule has 2 aliphatic heterocycles. The fourth-order valence-corrected chi connectivity index (χ4v) is 6.01. The largest absolute Gasteiger partial charge is 0.442 e. The number of benzene rings is 1. The van der Waals surface area contributed by atoms with Crippen molar-refractivity contribution in [2.45, 2.75) is 50.7 Å². The van der Waals surface area contributed by atoms with Crippen molar-refractivity contribution < 1.29 is 33.4 Å². The van der Waals surface area contributed by atoms with Gasteiger partial charge in [0.25, 0.3) is 11.8 Å². The lowest BCUT2D eigenvalue weighted by Crippen LogP contribution is -2.43. The minimum absolute atomic E-state index is 0.0226. The number of thiophene rings is 1. The molecule has 5 N–H and O–H groups in total. The SMILES string of the molecule is NCCCC[C@H](N)C(=O)NCCCCC(=O)N(CC1CN(c2ccc(N3CCOCC3=O)cc2)C(=O)O1)C(=O)c1ccc(Cl)s1. The first-order valence-electron chi connectivity index (χ1n) is 15.0. The number of rotatable bonds is 15. The molecule has 15 heteroatoms. The second-order valence-corrected chi connectivity index (χ2v) is 12.5. The maximum absolute atomic E-state index is 13.4. The van der Waals surface area contributed by atoms with Crippen LogP contribution in [0.5, 0.6) is 0 Å². The van der Waals surface area contributed by atoms with Gasteiger partial charge >= 0.3 is 6.09 Å². The van der Waals surface area contributed by atoms with Crippen LogP contribution >= 0.6 is 22.9 Å². The van der Waals surface area contributed by atoms with E-state index in [1.807, 2.05) is 0 Å². The summed E-state index contributed by atoms with van der Waals surface area (Å²) in [5.41, 5.74) is 12.6. The Bertz CT molecular complexity index is 1360. The van der Waals surface area contributed by atoms with Crippen molar-refractivity contribution in [2.24, 2.45) is 11.5 Å². The van der Waals surface area contributed by atoms with Crippen molar-refractivity contribution in [1.82, 2.24) is 10.2 Å². The van der Waals surface area contributed by atoms with Gasteiger partial charge in [0.05, 0.1) is 35.0 Å². The van der Waals surface area contributed by atoms with Crippen LogP contribution in [-0.2, 0) is 23.9 Å². The third-order valence-corrected chi connectivity index (χ3v) is 8.69. The molecule has 1 aromatic heterocycles. The average molecular weight is 663 g/mol. The van der Waals surface area contributed by atoms with E-state index in [1.165, 1.54) is 4.90 Å². The molecular formula is C30H39ClN6O7S. The number of cyclic esters (lactones) is 1. The lowest BCUT2D eigenvalue weighted by molar-refractivity contribution is -0.129. The molecule has 2 atom stereocenters. The fraction of sp³-hybridized carbons (Fsp3) is 0.500. The number of nitrogens with zero attached hydrogens (tertiary/aromatic N) is 3. The predicted octanol–water partition coefficient (Wildman–Crippen LogP) is 2.50. The maximum Gasteiger partial charge on any atom is 0.414 e. The number of hydrogen-bond donors (Lipinski definition) is 3. The highest BCUT2D eigenvalue weighted by molar-refractivity contribution is 7.18. The van der Waals surface area contributed by atoms with E-state index in [0.717, 1.165) is 29.1 Å².